The number of fused-ring (bicyclic) bond motifs is 1. The summed E-state index contributed by atoms with van der Waals surface area (Å²) in [6.07, 6.45) is 0. The summed E-state index contributed by atoms with van der Waals surface area (Å²) in [5.41, 5.74) is 7.62. The van der Waals surface area contributed by atoms with Crippen LogP contribution in [0.15, 0.2) is 12.1 Å². The van der Waals surface area contributed by atoms with Crippen LogP contribution in [0.2, 0.25) is 5.02 Å². The third-order valence-electron chi connectivity index (χ3n) is 3.90. The molecule has 0 unspecified atom stereocenters. The molecule has 2 heterocycles. The van der Waals surface area contributed by atoms with Crippen molar-refractivity contribution in [2.24, 2.45) is 5.92 Å². The average Bonchev–Trinajstić information content (AvgIpc) is 2.87. The Kier molecular flexibility index (Phi) is 4.14. The predicted octanol–water partition coefficient (Wildman–Crippen LogP) is 2.84. The van der Waals surface area contributed by atoms with E-state index >= 15 is 0 Å². The quantitative estimate of drug-likeness (QED) is 0.914. The average molecular weight is 339 g/mol. The first-order valence-corrected chi connectivity index (χ1v) is 8.55. The molecular weight excluding hydrogens is 320 g/mol. The van der Waals surface area contributed by atoms with Gasteiger partial charge in [-0.3, -0.25) is 4.79 Å². The minimum atomic E-state index is 0.0388. The molecule has 1 aromatic carbocycles. The Hall–Kier alpha value is -1.53. The summed E-state index contributed by atoms with van der Waals surface area (Å²) in [6.45, 7) is 6.81. The Labute approximate surface area is 138 Å². The first-order valence-electron chi connectivity index (χ1n) is 7.35. The normalized spacial score (nSPS) is 15.8. The number of nitrogens with zero attached hydrogens (tertiary/aromatic N) is 3. The molecule has 0 spiro atoms. The minimum Gasteiger partial charge on any atom is -0.375 e. The molecule has 1 aliphatic heterocycles. The molecule has 7 heteroatoms. The number of carbonyl (C=O) groups excluding carboxylic acids is 1. The van der Waals surface area contributed by atoms with Gasteiger partial charge in [0.05, 0.1) is 15.4 Å². The van der Waals surface area contributed by atoms with Gasteiger partial charge >= 0.3 is 0 Å². The third kappa shape index (κ3) is 2.73. The van der Waals surface area contributed by atoms with E-state index in [2.05, 4.69) is 9.88 Å². The zero-order valence-electron chi connectivity index (χ0n) is 12.7. The maximum Gasteiger partial charge on any atom is 0.225 e. The van der Waals surface area contributed by atoms with E-state index in [1.165, 1.54) is 11.3 Å². The Morgan fingerprint density at radius 1 is 1.32 bits per heavy atom. The van der Waals surface area contributed by atoms with Crippen LogP contribution < -0.4 is 10.6 Å². The highest BCUT2D eigenvalue weighted by molar-refractivity contribution is 7.22. The first-order chi connectivity index (χ1) is 10.5. The molecule has 0 atom stereocenters. The van der Waals surface area contributed by atoms with Crippen molar-refractivity contribution in [2.45, 2.75) is 13.8 Å². The van der Waals surface area contributed by atoms with Crippen molar-refractivity contribution >= 4 is 49.9 Å². The van der Waals surface area contributed by atoms with Crippen molar-refractivity contribution < 1.29 is 4.79 Å². The highest BCUT2D eigenvalue weighted by atomic mass is 35.5. The molecule has 1 aromatic heterocycles. The number of halogens is 1. The molecule has 22 heavy (non-hydrogen) atoms. The molecule has 0 bridgehead atoms. The summed E-state index contributed by atoms with van der Waals surface area (Å²) in [5, 5.41) is 1.23. The Balaban J connectivity index is 1.85. The Morgan fingerprint density at radius 2 is 2.00 bits per heavy atom. The van der Waals surface area contributed by atoms with Gasteiger partial charge in [-0.25, -0.2) is 4.98 Å². The summed E-state index contributed by atoms with van der Waals surface area (Å²) in [7, 11) is 0. The lowest BCUT2D eigenvalue weighted by Gasteiger charge is -2.37. The van der Waals surface area contributed by atoms with E-state index < -0.39 is 0 Å². The first kappa shape index (κ1) is 15.4. The maximum atomic E-state index is 12.1. The number of benzene rings is 1. The lowest BCUT2D eigenvalue weighted by atomic mass is 10.1. The summed E-state index contributed by atoms with van der Waals surface area (Å²) in [5.74, 6) is 0.249. The molecular formula is C15H19ClN4OS. The van der Waals surface area contributed by atoms with Crippen LogP contribution in [0.5, 0.6) is 0 Å². The zero-order chi connectivity index (χ0) is 15.9. The van der Waals surface area contributed by atoms with Crippen LogP contribution in [0.1, 0.15) is 13.8 Å². The number of nitrogen functional groups attached to an aromatic ring is 1. The smallest absolute Gasteiger partial charge is 0.225 e. The number of amides is 1. The molecule has 3 rings (SSSR count). The maximum absolute atomic E-state index is 12.1. The van der Waals surface area contributed by atoms with Crippen molar-refractivity contribution in [1.82, 2.24) is 9.88 Å². The van der Waals surface area contributed by atoms with Crippen molar-refractivity contribution in [3.05, 3.63) is 17.2 Å². The molecule has 1 fully saturated rings. The van der Waals surface area contributed by atoms with E-state index in [4.69, 9.17) is 17.3 Å². The molecule has 0 saturated carbocycles. The SMILES string of the molecule is CC(C)C(=O)N1CCN(c2c(Cl)ccc3sc(N)nc23)CC1. The molecule has 5 nitrogen and oxygen atoms in total. The molecule has 118 valence electrons. The van der Waals surface area contributed by atoms with Gasteiger partial charge in [-0.15, -0.1) is 0 Å². The van der Waals surface area contributed by atoms with Crippen molar-refractivity contribution in [2.75, 3.05) is 36.8 Å². The van der Waals surface area contributed by atoms with Crippen molar-refractivity contribution in [3.8, 4) is 0 Å². The van der Waals surface area contributed by atoms with Gasteiger partial charge in [0.2, 0.25) is 5.91 Å². The summed E-state index contributed by atoms with van der Waals surface area (Å²) in [4.78, 5) is 20.6. The lowest BCUT2D eigenvalue weighted by molar-refractivity contribution is -0.134. The van der Waals surface area contributed by atoms with Gasteiger partial charge in [-0.2, -0.15) is 0 Å². The van der Waals surface area contributed by atoms with Crippen molar-refractivity contribution in [1.29, 1.82) is 0 Å². The fraction of sp³-hybridized carbons (Fsp3) is 0.467. The van der Waals surface area contributed by atoms with Crippen LogP contribution in [-0.2, 0) is 4.79 Å². The molecule has 2 N–H and O–H groups in total. The summed E-state index contributed by atoms with van der Waals surface area (Å²) in [6, 6.07) is 3.84. The highest BCUT2D eigenvalue weighted by Gasteiger charge is 2.25. The molecule has 0 radical (unpaired) electrons. The second-order valence-corrected chi connectivity index (χ2v) is 7.23. The predicted molar refractivity (Wildman–Crippen MR) is 92.7 cm³/mol. The number of hydrogen-bond acceptors (Lipinski definition) is 5. The number of hydrogen-bond donors (Lipinski definition) is 1. The molecule has 1 saturated heterocycles. The zero-order valence-corrected chi connectivity index (χ0v) is 14.2. The van der Waals surface area contributed by atoms with Crippen LogP contribution in [-0.4, -0.2) is 42.0 Å². The molecule has 2 aromatic rings. The number of nitrogens with two attached hydrogens (primary N) is 1. The fourth-order valence-corrected chi connectivity index (χ4v) is 3.80. The van der Waals surface area contributed by atoms with Gasteiger partial charge < -0.3 is 15.5 Å². The van der Waals surface area contributed by atoms with Gasteiger partial charge in [-0.1, -0.05) is 36.8 Å². The monoisotopic (exact) mass is 338 g/mol. The second-order valence-electron chi connectivity index (χ2n) is 5.76. The van der Waals surface area contributed by atoms with E-state index in [1.54, 1.807) is 0 Å². The molecule has 1 aliphatic rings. The number of rotatable bonds is 2. The van der Waals surface area contributed by atoms with E-state index in [-0.39, 0.29) is 11.8 Å². The number of aromatic nitrogens is 1. The van der Waals surface area contributed by atoms with E-state index in [0.29, 0.717) is 23.2 Å². The van der Waals surface area contributed by atoms with E-state index in [1.807, 2.05) is 30.9 Å². The number of carbonyl (C=O) groups is 1. The van der Waals surface area contributed by atoms with Crippen LogP contribution in [0.4, 0.5) is 10.8 Å². The second kappa shape index (κ2) is 5.93. The standard InChI is InChI=1S/C15H19ClN4OS/c1-9(2)14(21)20-7-5-19(6-8-20)13-10(16)3-4-11-12(13)18-15(17)22-11/h3-4,9H,5-8H2,1-2H3,(H2,17,18). The van der Waals surface area contributed by atoms with Gasteiger partial charge in [0.1, 0.15) is 5.52 Å². The number of piperazine rings is 1. The lowest BCUT2D eigenvalue weighted by Crippen LogP contribution is -2.50. The van der Waals surface area contributed by atoms with Crippen LogP contribution in [0, 0.1) is 5.92 Å². The Bertz CT molecular complexity index is 707. The highest BCUT2D eigenvalue weighted by Crippen LogP contribution is 2.37. The minimum absolute atomic E-state index is 0.0388. The van der Waals surface area contributed by atoms with Crippen molar-refractivity contribution in [3.63, 3.8) is 0 Å². The fourth-order valence-electron chi connectivity index (χ4n) is 2.79. The Morgan fingerprint density at radius 3 is 2.64 bits per heavy atom. The van der Waals surface area contributed by atoms with E-state index in [9.17, 15) is 4.79 Å². The molecule has 0 aliphatic carbocycles. The van der Waals surface area contributed by atoms with Crippen LogP contribution in [0.3, 0.4) is 0 Å². The largest absolute Gasteiger partial charge is 0.375 e. The number of thiazole rings is 1. The van der Waals surface area contributed by atoms with Crippen LogP contribution in [0.25, 0.3) is 10.2 Å². The topological polar surface area (TPSA) is 62.5 Å². The number of anilines is 2. The van der Waals surface area contributed by atoms with Gasteiger partial charge in [0.25, 0.3) is 0 Å². The van der Waals surface area contributed by atoms with Gasteiger partial charge in [0, 0.05) is 32.1 Å². The van der Waals surface area contributed by atoms with Gasteiger partial charge in [0.15, 0.2) is 5.13 Å². The van der Waals surface area contributed by atoms with E-state index in [0.717, 1.165) is 29.0 Å². The third-order valence-corrected chi connectivity index (χ3v) is 5.06. The van der Waals surface area contributed by atoms with Gasteiger partial charge in [-0.05, 0) is 12.1 Å². The summed E-state index contributed by atoms with van der Waals surface area (Å²) >= 11 is 7.86. The summed E-state index contributed by atoms with van der Waals surface area (Å²) < 4.78 is 1.04. The molecule has 1 amide bonds. The van der Waals surface area contributed by atoms with Crippen LogP contribution >= 0.6 is 22.9 Å².